The van der Waals surface area contributed by atoms with Crippen molar-refractivity contribution >= 4 is 5.97 Å². The molecule has 176 valence electrons. The molecule has 29 heavy (non-hydrogen) atoms. The lowest BCUT2D eigenvalue weighted by molar-refractivity contribution is -0.213. The second-order valence-electron chi connectivity index (χ2n) is 9.72. The Hall–Kier alpha value is -0.650. The van der Waals surface area contributed by atoms with Gasteiger partial charge in [0.2, 0.25) is 0 Å². The molecule has 0 radical (unpaired) electrons. The zero-order valence-electron chi connectivity index (χ0n) is 20.6. The third-order valence-electron chi connectivity index (χ3n) is 5.57. The summed E-state index contributed by atoms with van der Waals surface area (Å²) < 4.78 is 0. The molecule has 0 aromatic carbocycles. The molecule has 2 unspecified atom stereocenters. The van der Waals surface area contributed by atoms with Gasteiger partial charge < -0.3 is 15.3 Å². The Bertz CT molecular complexity index is 404. The first-order valence-electron chi connectivity index (χ1n) is 11.6. The molecular formula is C24H51NO4. The summed E-state index contributed by atoms with van der Waals surface area (Å²) in [4.78, 5) is 12.2. The molecule has 0 aromatic heterocycles. The number of rotatable bonds is 15. The summed E-state index contributed by atoms with van der Waals surface area (Å²) >= 11 is 0. The van der Waals surface area contributed by atoms with Gasteiger partial charge in [-0.05, 0) is 46.7 Å². The molecule has 0 spiro atoms. The SMILES string of the molecule is CC(C)CC(O)(N(C)C)C(C)(C)O.CCCCCCCCCCCC(C)C(=O)O. The van der Waals surface area contributed by atoms with Gasteiger partial charge in [0.25, 0.3) is 0 Å². The van der Waals surface area contributed by atoms with Crippen LogP contribution in [0.2, 0.25) is 0 Å². The van der Waals surface area contributed by atoms with E-state index < -0.39 is 17.3 Å². The normalized spacial score (nSPS) is 15.0. The van der Waals surface area contributed by atoms with Crippen molar-refractivity contribution in [3.63, 3.8) is 0 Å². The lowest BCUT2D eigenvalue weighted by Crippen LogP contribution is -2.60. The fourth-order valence-corrected chi connectivity index (χ4v) is 3.43. The van der Waals surface area contributed by atoms with Gasteiger partial charge in [-0.15, -0.1) is 0 Å². The van der Waals surface area contributed by atoms with Crippen molar-refractivity contribution in [2.24, 2.45) is 11.8 Å². The highest BCUT2D eigenvalue weighted by molar-refractivity contribution is 5.69. The minimum atomic E-state index is -1.15. The van der Waals surface area contributed by atoms with Gasteiger partial charge in [-0.3, -0.25) is 9.69 Å². The van der Waals surface area contributed by atoms with Crippen LogP contribution < -0.4 is 0 Å². The van der Waals surface area contributed by atoms with Crippen LogP contribution in [0.4, 0.5) is 0 Å². The van der Waals surface area contributed by atoms with Gasteiger partial charge in [0.15, 0.2) is 0 Å². The fourth-order valence-electron chi connectivity index (χ4n) is 3.43. The maximum absolute atomic E-state index is 10.6. The Kier molecular flexibility index (Phi) is 17.0. The molecule has 0 aliphatic heterocycles. The second-order valence-corrected chi connectivity index (χ2v) is 9.72. The predicted octanol–water partition coefficient (Wildman–Crippen LogP) is 5.68. The van der Waals surface area contributed by atoms with Crippen LogP contribution in [-0.2, 0) is 4.79 Å². The van der Waals surface area contributed by atoms with E-state index >= 15 is 0 Å². The first-order valence-corrected chi connectivity index (χ1v) is 11.6. The molecule has 0 aromatic rings. The van der Waals surface area contributed by atoms with Gasteiger partial charge in [0.1, 0.15) is 11.3 Å². The molecule has 0 bridgehead atoms. The lowest BCUT2D eigenvalue weighted by atomic mass is 9.86. The third kappa shape index (κ3) is 14.9. The smallest absolute Gasteiger partial charge is 0.306 e. The largest absolute Gasteiger partial charge is 0.481 e. The number of carboxylic acid groups (broad SMARTS) is 1. The molecule has 5 nitrogen and oxygen atoms in total. The van der Waals surface area contributed by atoms with Crippen molar-refractivity contribution in [1.29, 1.82) is 0 Å². The number of carboxylic acids is 1. The van der Waals surface area contributed by atoms with Gasteiger partial charge in [-0.25, -0.2) is 0 Å². The van der Waals surface area contributed by atoms with E-state index in [9.17, 15) is 15.0 Å². The fraction of sp³-hybridized carbons (Fsp3) is 0.958. The van der Waals surface area contributed by atoms with Crippen LogP contribution in [0.1, 0.15) is 112 Å². The molecule has 0 aliphatic rings. The van der Waals surface area contributed by atoms with Gasteiger partial charge in [0.05, 0.1) is 5.92 Å². The lowest BCUT2D eigenvalue weighted by Gasteiger charge is -2.44. The van der Waals surface area contributed by atoms with Gasteiger partial charge in [-0.1, -0.05) is 85.5 Å². The van der Waals surface area contributed by atoms with E-state index in [1.165, 1.54) is 51.4 Å². The maximum atomic E-state index is 10.6. The van der Waals surface area contributed by atoms with Crippen LogP contribution in [0.15, 0.2) is 0 Å². The zero-order chi connectivity index (χ0) is 23.1. The third-order valence-corrected chi connectivity index (χ3v) is 5.57. The van der Waals surface area contributed by atoms with Crippen LogP contribution in [0, 0.1) is 11.8 Å². The van der Waals surface area contributed by atoms with Crippen molar-refractivity contribution in [3.8, 4) is 0 Å². The summed E-state index contributed by atoms with van der Waals surface area (Å²) in [5.41, 5.74) is -2.26. The van der Waals surface area contributed by atoms with Gasteiger partial charge in [-0.2, -0.15) is 0 Å². The molecule has 0 fully saturated rings. The predicted molar refractivity (Wildman–Crippen MR) is 123 cm³/mol. The molecule has 0 rings (SSSR count). The van der Waals surface area contributed by atoms with Gasteiger partial charge in [0, 0.05) is 0 Å². The van der Waals surface area contributed by atoms with Crippen LogP contribution in [0.5, 0.6) is 0 Å². The van der Waals surface area contributed by atoms with E-state index in [0.717, 1.165) is 12.8 Å². The molecule has 0 amide bonds. The molecule has 5 heteroatoms. The summed E-state index contributed by atoms with van der Waals surface area (Å²) in [6, 6.07) is 0. The van der Waals surface area contributed by atoms with E-state index in [1.54, 1.807) is 39.8 Å². The van der Waals surface area contributed by atoms with Crippen LogP contribution >= 0.6 is 0 Å². The zero-order valence-corrected chi connectivity index (χ0v) is 20.6. The Labute approximate surface area is 180 Å². The molecule has 3 N–H and O–H groups in total. The highest BCUT2D eigenvalue weighted by Gasteiger charge is 2.44. The summed E-state index contributed by atoms with van der Waals surface area (Å²) in [6.07, 6.45) is 13.1. The number of carbonyl (C=O) groups is 1. The minimum absolute atomic E-state index is 0.162. The standard InChI is InChI=1S/C14H28O2.C10H23NO2/c1-3-4-5-6-7-8-9-10-11-12-13(2)14(15)16;1-8(2)7-10(13,11(5)6)9(3,4)12/h13H,3-12H2,1-2H3,(H,15,16);8,12-13H,7H2,1-6H3. The van der Waals surface area contributed by atoms with Crippen molar-refractivity contribution < 1.29 is 20.1 Å². The van der Waals surface area contributed by atoms with E-state index in [0.29, 0.717) is 12.3 Å². The van der Waals surface area contributed by atoms with E-state index in [1.807, 2.05) is 13.8 Å². The van der Waals surface area contributed by atoms with E-state index in [4.69, 9.17) is 5.11 Å². The highest BCUT2D eigenvalue weighted by atomic mass is 16.4. The Morgan fingerprint density at radius 3 is 1.55 bits per heavy atom. The maximum Gasteiger partial charge on any atom is 0.306 e. The second kappa shape index (κ2) is 16.1. The van der Waals surface area contributed by atoms with E-state index in [2.05, 4.69) is 6.92 Å². The Balaban J connectivity index is 0. The number of unbranched alkanes of at least 4 members (excludes halogenated alkanes) is 8. The topological polar surface area (TPSA) is 81.0 Å². The molecular weight excluding hydrogens is 366 g/mol. The first kappa shape index (κ1) is 30.5. The molecule has 0 heterocycles. The van der Waals surface area contributed by atoms with Crippen molar-refractivity contribution in [2.75, 3.05) is 14.1 Å². The summed E-state index contributed by atoms with van der Waals surface area (Å²) in [5.74, 6) is -0.469. The van der Waals surface area contributed by atoms with Crippen LogP contribution in [-0.4, -0.2) is 51.6 Å². The number of hydrogen-bond acceptors (Lipinski definition) is 4. The number of nitrogens with zero attached hydrogens (tertiary/aromatic N) is 1. The molecule has 2 atom stereocenters. The van der Waals surface area contributed by atoms with E-state index in [-0.39, 0.29) is 5.92 Å². The number of hydrogen-bond donors (Lipinski definition) is 3. The quantitative estimate of drug-likeness (QED) is 0.236. The Morgan fingerprint density at radius 1 is 0.862 bits per heavy atom. The Morgan fingerprint density at radius 2 is 1.28 bits per heavy atom. The summed E-state index contributed by atoms with van der Waals surface area (Å²) in [5, 5.41) is 28.8. The molecule has 0 saturated carbocycles. The summed E-state index contributed by atoms with van der Waals surface area (Å²) in [7, 11) is 3.56. The highest BCUT2D eigenvalue weighted by Crippen LogP contribution is 2.30. The molecule has 0 saturated heterocycles. The minimum Gasteiger partial charge on any atom is -0.481 e. The van der Waals surface area contributed by atoms with Crippen molar-refractivity contribution in [1.82, 2.24) is 4.90 Å². The summed E-state index contributed by atoms with van der Waals surface area (Å²) in [6.45, 7) is 11.4. The van der Waals surface area contributed by atoms with Crippen LogP contribution in [0.3, 0.4) is 0 Å². The molecule has 0 aliphatic carbocycles. The van der Waals surface area contributed by atoms with Crippen LogP contribution in [0.25, 0.3) is 0 Å². The van der Waals surface area contributed by atoms with Gasteiger partial charge >= 0.3 is 5.97 Å². The number of aliphatic hydroxyl groups is 2. The van der Waals surface area contributed by atoms with Crippen molar-refractivity contribution in [3.05, 3.63) is 0 Å². The number of likely N-dealkylation sites (N-methyl/N-ethyl adjacent to an activating group) is 1. The average Bonchev–Trinajstić information content (AvgIpc) is 2.58. The monoisotopic (exact) mass is 417 g/mol. The first-order chi connectivity index (χ1) is 13.3. The number of aliphatic carboxylic acids is 1. The average molecular weight is 418 g/mol. The van der Waals surface area contributed by atoms with Crippen molar-refractivity contribution in [2.45, 2.75) is 123 Å².